The second-order valence-electron chi connectivity index (χ2n) is 5.19. The van der Waals surface area contributed by atoms with Crippen LogP contribution in [0.5, 0.6) is 0 Å². The summed E-state index contributed by atoms with van der Waals surface area (Å²) >= 11 is 0. The van der Waals surface area contributed by atoms with Gasteiger partial charge in [-0.2, -0.15) is 22.0 Å². The number of anilines is 1. The molecule has 0 saturated heterocycles. The van der Waals surface area contributed by atoms with Gasteiger partial charge in [0.25, 0.3) is 0 Å². The van der Waals surface area contributed by atoms with Crippen LogP contribution in [-0.4, -0.2) is 24.6 Å². The molecule has 0 bridgehead atoms. The minimum atomic E-state index is -5.67. The predicted octanol–water partition coefficient (Wildman–Crippen LogP) is 3.26. The van der Waals surface area contributed by atoms with Crippen LogP contribution in [0.1, 0.15) is 18.4 Å². The van der Waals surface area contributed by atoms with Crippen molar-refractivity contribution in [1.82, 2.24) is 0 Å². The molecule has 0 unspecified atom stereocenters. The quantitative estimate of drug-likeness (QED) is 0.766. The number of benzene rings is 1. The summed E-state index contributed by atoms with van der Waals surface area (Å²) in [5.41, 5.74) is -0.139. The van der Waals surface area contributed by atoms with Crippen LogP contribution in [0.2, 0.25) is 0 Å². The minimum Gasteiger partial charge on any atom is -0.305 e. The van der Waals surface area contributed by atoms with Crippen LogP contribution in [0.3, 0.4) is 0 Å². The maximum atomic E-state index is 13.2. The lowest BCUT2D eigenvalue weighted by Crippen LogP contribution is -2.49. The van der Waals surface area contributed by atoms with E-state index in [1.807, 2.05) is 0 Å². The van der Waals surface area contributed by atoms with Crippen LogP contribution in [-0.2, 0) is 10.2 Å². The van der Waals surface area contributed by atoms with Gasteiger partial charge in [-0.3, -0.25) is 4.79 Å². The molecule has 0 N–H and O–H groups in total. The number of carbonyl (C=O) groups is 1. The van der Waals surface area contributed by atoms with Gasteiger partial charge in [-0.25, -0.2) is 0 Å². The van der Waals surface area contributed by atoms with Crippen molar-refractivity contribution in [2.45, 2.75) is 30.4 Å². The topological polar surface area (TPSA) is 20.3 Å². The summed E-state index contributed by atoms with van der Waals surface area (Å²) in [6.45, 7) is -1.66. The van der Waals surface area contributed by atoms with Crippen LogP contribution in [0.25, 0.3) is 0 Å². The van der Waals surface area contributed by atoms with Crippen molar-refractivity contribution < 1.29 is 26.7 Å². The Labute approximate surface area is 111 Å². The van der Waals surface area contributed by atoms with Crippen molar-refractivity contribution in [3.05, 3.63) is 29.8 Å². The van der Waals surface area contributed by atoms with E-state index in [4.69, 9.17) is 0 Å². The van der Waals surface area contributed by atoms with Gasteiger partial charge in [-0.1, -0.05) is 18.2 Å². The zero-order valence-electron chi connectivity index (χ0n) is 10.2. The SMILES string of the molecule is O=C1N(CC(F)(F)C(F)(F)F)c2ccccc2C12CC2. The maximum absolute atomic E-state index is 13.2. The number of hydrogen-bond acceptors (Lipinski definition) is 1. The molecule has 3 rings (SSSR count). The number of alkyl halides is 5. The molecule has 1 aliphatic heterocycles. The van der Waals surface area contributed by atoms with Crippen LogP contribution in [0.4, 0.5) is 27.6 Å². The van der Waals surface area contributed by atoms with E-state index < -0.39 is 30.0 Å². The monoisotopic (exact) mass is 291 g/mol. The highest BCUT2D eigenvalue weighted by molar-refractivity contribution is 6.10. The zero-order chi connectivity index (χ0) is 14.8. The van der Waals surface area contributed by atoms with Crippen LogP contribution < -0.4 is 4.90 Å². The van der Waals surface area contributed by atoms with Crippen LogP contribution in [0.15, 0.2) is 24.3 Å². The highest BCUT2D eigenvalue weighted by Gasteiger charge is 2.64. The van der Waals surface area contributed by atoms with Gasteiger partial charge in [0, 0.05) is 5.69 Å². The molecule has 0 atom stereocenters. The summed E-state index contributed by atoms with van der Waals surface area (Å²) in [4.78, 5) is 12.8. The van der Waals surface area contributed by atoms with Gasteiger partial charge in [0.05, 0.1) is 12.0 Å². The second-order valence-corrected chi connectivity index (χ2v) is 5.19. The van der Waals surface area contributed by atoms with Crippen molar-refractivity contribution in [3.8, 4) is 0 Å². The van der Waals surface area contributed by atoms with Gasteiger partial charge < -0.3 is 4.90 Å². The molecule has 1 saturated carbocycles. The van der Waals surface area contributed by atoms with Crippen molar-refractivity contribution in [2.75, 3.05) is 11.4 Å². The summed E-state index contributed by atoms with van der Waals surface area (Å²) < 4.78 is 63.3. The molecule has 0 radical (unpaired) electrons. The fourth-order valence-corrected chi connectivity index (χ4v) is 2.65. The van der Waals surface area contributed by atoms with E-state index in [0.29, 0.717) is 23.3 Å². The van der Waals surface area contributed by atoms with Gasteiger partial charge >= 0.3 is 12.1 Å². The summed E-state index contributed by atoms with van der Waals surface area (Å²) in [7, 11) is 0. The number of carbonyl (C=O) groups excluding carboxylic acids is 1. The normalized spacial score (nSPS) is 20.4. The second kappa shape index (κ2) is 3.71. The van der Waals surface area contributed by atoms with E-state index in [-0.39, 0.29) is 5.69 Å². The lowest BCUT2D eigenvalue weighted by Gasteiger charge is -2.26. The van der Waals surface area contributed by atoms with Crippen molar-refractivity contribution in [1.29, 1.82) is 0 Å². The number of fused-ring (bicyclic) bond motifs is 2. The standard InChI is InChI=1S/C13H10F5NO/c14-12(15,13(16,17)18)7-19-9-4-2-1-3-8(9)11(5-6-11)10(19)20/h1-4H,5-7H2. The van der Waals surface area contributed by atoms with Crippen molar-refractivity contribution >= 4 is 11.6 Å². The van der Waals surface area contributed by atoms with Gasteiger partial charge in [-0.05, 0) is 24.5 Å². The first-order valence-corrected chi connectivity index (χ1v) is 6.05. The Bertz CT molecular complexity index is 576. The van der Waals surface area contributed by atoms with E-state index in [1.54, 1.807) is 12.1 Å². The Morgan fingerprint density at radius 1 is 1.10 bits per heavy atom. The summed E-state index contributed by atoms with van der Waals surface area (Å²) in [5.74, 6) is -5.57. The number of nitrogens with zero attached hydrogens (tertiary/aromatic N) is 1. The highest BCUT2D eigenvalue weighted by Crippen LogP contribution is 2.57. The Morgan fingerprint density at radius 2 is 1.70 bits per heavy atom. The molecule has 2 nitrogen and oxygen atoms in total. The van der Waals surface area contributed by atoms with E-state index in [2.05, 4.69) is 0 Å². The Balaban J connectivity index is 1.98. The molecule has 108 valence electrons. The molecular weight excluding hydrogens is 281 g/mol. The summed E-state index contributed by atoms with van der Waals surface area (Å²) in [5, 5.41) is 0. The molecule has 1 aliphatic carbocycles. The van der Waals surface area contributed by atoms with E-state index in [0.717, 1.165) is 0 Å². The third-order valence-electron chi connectivity index (χ3n) is 3.89. The van der Waals surface area contributed by atoms with Crippen LogP contribution >= 0.6 is 0 Å². The largest absolute Gasteiger partial charge is 0.455 e. The van der Waals surface area contributed by atoms with Gasteiger partial charge in [0.1, 0.15) is 0 Å². The molecule has 1 spiro atoms. The molecule has 1 heterocycles. The van der Waals surface area contributed by atoms with Crippen LogP contribution in [0, 0.1) is 0 Å². The lowest BCUT2D eigenvalue weighted by molar-refractivity contribution is -0.276. The van der Waals surface area contributed by atoms with E-state index in [9.17, 15) is 26.7 Å². The first-order valence-electron chi connectivity index (χ1n) is 6.05. The fraction of sp³-hybridized carbons (Fsp3) is 0.462. The van der Waals surface area contributed by atoms with Gasteiger partial charge in [0.15, 0.2) is 0 Å². The average Bonchev–Trinajstić information content (AvgIpc) is 3.11. The first kappa shape index (κ1) is 13.3. The molecule has 1 aromatic carbocycles. The first-order chi connectivity index (χ1) is 9.19. The number of halogens is 5. The summed E-state index contributed by atoms with van der Waals surface area (Å²) in [6.07, 6.45) is -4.67. The van der Waals surface area contributed by atoms with Gasteiger partial charge in [0.2, 0.25) is 5.91 Å². The Kier molecular flexibility index (Phi) is 2.47. The zero-order valence-corrected chi connectivity index (χ0v) is 10.2. The molecule has 1 fully saturated rings. The van der Waals surface area contributed by atoms with Gasteiger partial charge in [-0.15, -0.1) is 0 Å². The summed E-state index contributed by atoms with van der Waals surface area (Å²) in [6, 6.07) is 6.20. The van der Waals surface area contributed by atoms with E-state index in [1.165, 1.54) is 12.1 Å². The molecular formula is C13H10F5NO. The number of hydrogen-bond donors (Lipinski definition) is 0. The third-order valence-corrected chi connectivity index (χ3v) is 3.89. The fourth-order valence-electron chi connectivity index (χ4n) is 2.65. The predicted molar refractivity (Wildman–Crippen MR) is 60.7 cm³/mol. The Morgan fingerprint density at radius 3 is 2.25 bits per heavy atom. The molecule has 2 aliphatic rings. The van der Waals surface area contributed by atoms with Crippen molar-refractivity contribution in [3.63, 3.8) is 0 Å². The molecule has 20 heavy (non-hydrogen) atoms. The molecule has 7 heteroatoms. The minimum absolute atomic E-state index is 0.166. The van der Waals surface area contributed by atoms with Crippen molar-refractivity contribution in [2.24, 2.45) is 0 Å². The smallest absolute Gasteiger partial charge is 0.305 e. The average molecular weight is 291 g/mol. The number of amides is 1. The molecule has 0 aromatic heterocycles. The number of rotatable bonds is 2. The Hall–Kier alpha value is -1.66. The van der Waals surface area contributed by atoms with E-state index >= 15 is 0 Å². The maximum Gasteiger partial charge on any atom is 0.455 e. The molecule has 1 aromatic rings. The highest BCUT2D eigenvalue weighted by atomic mass is 19.4. The third kappa shape index (κ3) is 1.65. The molecule has 1 amide bonds. The lowest BCUT2D eigenvalue weighted by atomic mass is 9.98. The number of para-hydroxylation sites is 1.